The largest absolute Gasteiger partial charge is 0.357 e. The lowest BCUT2D eigenvalue weighted by Gasteiger charge is -2.17. The minimum atomic E-state index is -3.90. The average Bonchev–Trinajstić information content (AvgIpc) is 2.60. The molecule has 0 spiro atoms. The SMILES string of the molecule is CCCOC(OCCC)[SiH2]CCCc1ccc(S(=O)(=O)N=[N+]=[N-])cc1. The van der Waals surface area contributed by atoms with Crippen LogP contribution < -0.4 is 0 Å². The van der Waals surface area contributed by atoms with E-state index in [0.717, 1.165) is 50.5 Å². The maximum atomic E-state index is 11.6. The maximum absolute atomic E-state index is 11.6. The van der Waals surface area contributed by atoms with E-state index in [2.05, 4.69) is 23.3 Å². The maximum Gasteiger partial charge on any atom is 0.264 e. The van der Waals surface area contributed by atoms with E-state index >= 15 is 0 Å². The van der Waals surface area contributed by atoms with E-state index in [9.17, 15) is 8.42 Å². The van der Waals surface area contributed by atoms with Gasteiger partial charge in [0.2, 0.25) is 0 Å². The summed E-state index contributed by atoms with van der Waals surface area (Å²) in [6.07, 6.45) is 3.89. The molecular weight excluding hydrogens is 358 g/mol. The van der Waals surface area contributed by atoms with E-state index in [1.165, 1.54) is 12.1 Å². The summed E-state index contributed by atoms with van der Waals surface area (Å²) in [6.45, 7) is 5.65. The van der Waals surface area contributed by atoms with Crippen molar-refractivity contribution < 1.29 is 17.9 Å². The Kier molecular flexibility index (Phi) is 10.4. The Labute approximate surface area is 152 Å². The van der Waals surface area contributed by atoms with Crippen molar-refractivity contribution in [3.8, 4) is 0 Å². The van der Waals surface area contributed by atoms with Crippen LogP contribution in [0.4, 0.5) is 0 Å². The Balaban J connectivity index is 2.43. The molecule has 0 aliphatic carbocycles. The lowest BCUT2D eigenvalue weighted by Crippen LogP contribution is -2.25. The van der Waals surface area contributed by atoms with Crippen LogP contribution in [0.3, 0.4) is 0 Å². The fourth-order valence-corrected chi connectivity index (χ4v) is 4.49. The van der Waals surface area contributed by atoms with Crippen LogP contribution in [0.1, 0.15) is 38.7 Å². The van der Waals surface area contributed by atoms with E-state index in [4.69, 9.17) is 15.0 Å². The molecule has 0 saturated heterocycles. The van der Waals surface area contributed by atoms with Crippen molar-refractivity contribution in [2.45, 2.75) is 56.4 Å². The Morgan fingerprint density at radius 2 is 1.76 bits per heavy atom. The van der Waals surface area contributed by atoms with Gasteiger partial charge in [-0.25, -0.2) is 8.42 Å². The molecule has 0 radical (unpaired) electrons. The molecule has 0 aliphatic rings. The fourth-order valence-electron chi connectivity index (χ4n) is 2.28. The Hall–Kier alpha value is -1.38. The van der Waals surface area contributed by atoms with Gasteiger partial charge in [0.1, 0.15) is 5.91 Å². The first-order valence-corrected chi connectivity index (χ1v) is 11.9. The van der Waals surface area contributed by atoms with Crippen LogP contribution in [0, 0.1) is 0 Å². The highest BCUT2D eigenvalue weighted by molar-refractivity contribution is 7.90. The molecule has 0 N–H and O–H groups in total. The van der Waals surface area contributed by atoms with Crippen molar-refractivity contribution in [3.05, 3.63) is 40.3 Å². The second-order valence-corrected chi connectivity index (χ2v) is 9.24. The molecule has 1 rings (SSSR count). The van der Waals surface area contributed by atoms with Crippen LogP contribution in [0.25, 0.3) is 10.4 Å². The van der Waals surface area contributed by atoms with Crippen molar-refractivity contribution in [2.24, 2.45) is 4.52 Å². The highest BCUT2D eigenvalue weighted by atomic mass is 32.2. The second kappa shape index (κ2) is 12.0. The number of azide groups is 1. The Bertz CT molecular complexity index is 638. The summed E-state index contributed by atoms with van der Waals surface area (Å²) in [7, 11) is -4.36. The van der Waals surface area contributed by atoms with Crippen LogP contribution in [-0.4, -0.2) is 37.1 Å². The summed E-state index contributed by atoms with van der Waals surface area (Å²) in [5, 5.41) is 0. The van der Waals surface area contributed by atoms with Crippen LogP contribution in [0.2, 0.25) is 6.04 Å². The molecule has 0 saturated carbocycles. The van der Waals surface area contributed by atoms with Crippen LogP contribution in [0.5, 0.6) is 0 Å². The molecule has 1 aromatic rings. The van der Waals surface area contributed by atoms with Gasteiger partial charge < -0.3 is 9.47 Å². The van der Waals surface area contributed by atoms with Gasteiger partial charge in [0.15, 0.2) is 0 Å². The molecule has 0 heterocycles. The number of hydrogen-bond donors (Lipinski definition) is 0. The summed E-state index contributed by atoms with van der Waals surface area (Å²) in [6, 6.07) is 7.60. The number of aryl methyl sites for hydroxylation is 1. The molecule has 0 fully saturated rings. The van der Waals surface area contributed by atoms with E-state index in [1.54, 1.807) is 12.1 Å². The third kappa shape index (κ3) is 8.51. The summed E-state index contributed by atoms with van der Waals surface area (Å²) in [4.78, 5) is 2.36. The zero-order chi connectivity index (χ0) is 18.5. The average molecular weight is 386 g/mol. The normalized spacial score (nSPS) is 12.0. The summed E-state index contributed by atoms with van der Waals surface area (Å²) in [5.41, 5.74) is 9.34. The van der Waals surface area contributed by atoms with Gasteiger partial charge in [0.25, 0.3) is 10.0 Å². The third-order valence-electron chi connectivity index (χ3n) is 3.54. The van der Waals surface area contributed by atoms with E-state index < -0.39 is 19.5 Å². The zero-order valence-corrected chi connectivity index (χ0v) is 17.2. The van der Waals surface area contributed by atoms with Crippen molar-refractivity contribution >= 4 is 19.5 Å². The number of rotatable bonds is 13. The number of ether oxygens (including phenoxy) is 2. The molecule has 0 atom stereocenters. The number of nitrogens with zero attached hydrogens (tertiary/aromatic N) is 3. The summed E-state index contributed by atoms with van der Waals surface area (Å²) < 4.78 is 37.6. The number of sulfonamides is 1. The first kappa shape index (κ1) is 21.7. The molecule has 140 valence electrons. The van der Waals surface area contributed by atoms with Gasteiger partial charge >= 0.3 is 0 Å². The van der Waals surface area contributed by atoms with Crippen LogP contribution in [-0.2, 0) is 25.9 Å². The van der Waals surface area contributed by atoms with Crippen LogP contribution in [0.15, 0.2) is 33.7 Å². The first-order chi connectivity index (χ1) is 12.0. The van der Waals surface area contributed by atoms with Gasteiger partial charge in [0.05, 0.1) is 14.4 Å². The molecule has 25 heavy (non-hydrogen) atoms. The number of benzene rings is 1. The van der Waals surface area contributed by atoms with Crippen molar-refractivity contribution in [1.82, 2.24) is 0 Å². The Morgan fingerprint density at radius 1 is 1.16 bits per heavy atom. The fraction of sp³-hybridized carbons (Fsp3) is 0.625. The monoisotopic (exact) mass is 385 g/mol. The molecule has 0 aliphatic heterocycles. The van der Waals surface area contributed by atoms with E-state index in [-0.39, 0.29) is 10.8 Å². The van der Waals surface area contributed by atoms with E-state index in [0.29, 0.717) is 0 Å². The van der Waals surface area contributed by atoms with Gasteiger partial charge in [-0.2, -0.15) is 0 Å². The predicted molar refractivity (Wildman–Crippen MR) is 101 cm³/mol. The second-order valence-electron chi connectivity index (χ2n) is 5.71. The molecule has 1 aromatic carbocycles. The molecule has 7 nitrogen and oxygen atoms in total. The van der Waals surface area contributed by atoms with Crippen molar-refractivity contribution in [1.29, 1.82) is 0 Å². The highest BCUT2D eigenvalue weighted by Crippen LogP contribution is 2.15. The van der Waals surface area contributed by atoms with Gasteiger partial charge in [-0.05, 0) is 42.5 Å². The molecule has 0 unspecified atom stereocenters. The standard InChI is InChI=1S/C16H27N3O4SSi/c1-3-11-22-16(23-12-4-2)25-13-5-6-14-7-9-15(10-8-14)24(20,21)19-18-17/h7-10,16H,3-6,11-13,25H2,1-2H3. The Morgan fingerprint density at radius 3 is 2.28 bits per heavy atom. The van der Waals surface area contributed by atoms with Crippen molar-refractivity contribution in [2.75, 3.05) is 13.2 Å². The lowest BCUT2D eigenvalue weighted by atomic mass is 10.1. The molecule has 0 bridgehead atoms. The number of hydrogen-bond acceptors (Lipinski definition) is 4. The third-order valence-corrected chi connectivity index (χ3v) is 6.54. The quantitative estimate of drug-likeness (QED) is 0.130. The van der Waals surface area contributed by atoms with Crippen LogP contribution >= 0.6 is 0 Å². The lowest BCUT2D eigenvalue weighted by molar-refractivity contribution is -0.0904. The smallest absolute Gasteiger partial charge is 0.264 e. The molecule has 0 aromatic heterocycles. The summed E-state index contributed by atoms with van der Waals surface area (Å²) >= 11 is 0. The molecule has 0 amide bonds. The topological polar surface area (TPSA) is 101 Å². The first-order valence-electron chi connectivity index (χ1n) is 8.67. The molecule has 9 heteroatoms. The molecular formula is C16H27N3O4SSi. The predicted octanol–water partition coefficient (Wildman–Crippen LogP) is 3.34. The minimum Gasteiger partial charge on any atom is -0.357 e. The summed E-state index contributed by atoms with van der Waals surface area (Å²) in [5.74, 6) is -0.00346. The minimum absolute atomic E-state index is 0.00346. The van der Waals surface area contributed by atoms with Gasteiger partial charge in [-0.3, -0.25) is 0 Å². The van der Waals surface area contributed by atoms with Gasteiger partial charge in [-0.1, -0.05) is 38.4 Å². The highest BCUT2D eigenvalue weighted by Gasteiger charge is 2.12. The van der Waals surface area contributed by atoms with Gasteiger partial charge in [0, 0.05) is 22.6 Å². The van der Waals surface area contributed by atoms with Gasteiger partial charge in [-0.15, -0.1) is 0 Å². The van der Waals surface area contributed by atoms with E-state index in [1.807, 2.05) is 0 Å². The zero-order valence-electron chi connectivity index (χ0n) is 14.9. The van der Waals surface area contributed by atoms with Crippen molar-refractivity contribution in [3.63, 3.8) is 0 Å².